The Balaban J connectivity index is 2.27. The first-order chi connectivity index (χ1) is 9.41. The van der Waals surface area contributed by atoms with Crippen LogP contribution in [0, 0.1) is 6.92 Å². The number of carbonyl (C=O) groups is 2. The van der Waals surface area contributed by atoms with Crippen molar-refractivity contribution in [2.75, 3.05) is 6.54 Å². The van der Waals surface area contributed by atoms with E-state index in [1.165, 1.54) is 16.2 Å². The summed E-state index contributed by atoms with van der Waals surface area (Å²) in [6.07, 6.45) is 2.26. The van der Waals surface area contributed by atoms with Crippen LogP contribution in [0.4, 0.5) is 0 Å². The fourth-order valence-corrected chi connectivity index (χ4v) is 3.45. The van der Waals surface area contributed by atoms with E-state index < -0.39 is 12.0 Å². The summed E-state index contributed by atoms with van der Waals surface area (Å²) in [6.45, 7) is 6.40. The van der Waals surface area contributed by atoms with Gasteiger partial charge in [0.2, 0.25) is 0 Å². The molecule has 0 unspecified atom stereocenters. The zero-order valence-electron chi connectivity index (χ0n) is 12.0. The van der Waals surface area contributed by atoms with Gasteiger partial charge in [0.1, 0.15) is 10.9 Å². The minimum atomic E-state index is -0.913. The van der Waals surface area contributed by atoms with E-state index in [9.17, 15) is 14.7 Å². The quantitative estimate of drug-likeness (QED) is 0.931. The molecule has 1 atom stereocenters. The number of piperidine rings is 1. The average molecular weight is 296 g/mol. The van der Waals surface area contributed by atoms with Gasteiger partial charge in [0.05, 0.1) is 10.7 Å². The molecule has 2 rings (SSSR count). The second-order valence-electron chi connectivity index (χ2n) is 5.47. The lowest BCUT2D eigenvalue weighted by Crippen LogP contribution is -2.47. The van der Waals surface area contributed by atoms with Crippen LogP contribution in [0.25, 0.3) is 0 Å². The number of nitrogens with zero attached hydrogens (tertiary/aromatic N) is 2. The van der Waals surface area contributed by atoms with Gasteiger partial charge in [-0.3, -0.25) is 4.79 Å². The second kappa shape index (κ2) is 5.91. The normalized spacial score (nSPS) is 19.4. The van der Waals surface area contributed by atoms with Crippen LogP contribution >= 0.6 is 11.3 Å². The van der Waals surface area contributed by atoms with Crippen molar-refractivity contribution in [1.29, 1.82) is 0 Å². The highest BCUT2D eigenvalue weighted by molar-refractivity contribution is 7.13. The molecule has 1 N–H and O–H groups in total. The van der Waals surface area contributed by atoms with Gasteiger partial charge in [-0.15, -0.1) is 11.3 Å². The predicted molar refractivity (Wildman–Crippen MR) is 77.3 cm³/mol. The summed E-state index contributed by atoms with van der Waals surface area (Å²) in [5.74, 6) is -0.819. The van der Waals surface area contributed by atoms with E-state index in [0.29, 0.717) is 23.5 Å². The molecule has 1 aliphatic heterocycles. The monoisotopic (exact) mass is 296 g/mol. The fraction of sp³-hybridized carbons (Fsp3) is 0.643. The molecule has 1 aromatic heterocycles. The van der Waals surface area contributed by atoms with Gasteiger partial charge in [-0.05, 0) is 26.2 Å². The molecule has 5 nitrogen and oxygen atoms in total. The molecule has 0 aliphatic carbocycles. The highest BCUT2D eigenvalue weighted by atomic mass is 32.1. The summed E-state index contributed by atoms with van der Waals surface area (Å²) in [5, 5.41) is 10.2. The van der Waals surface area contributed by atoms with Crippen molar-refractivity contribution in [2.24, 2.45) is 0 Å². The smallest absolute Gasteiger partial charge is 0.326 e. The Morgan fingerprint density at radius 1 is 1.40 bits per heavy atom. The van der Waals surface area contributed by atoms with Gasteiger partial charge in [0, 0.05) is 12.5 Å². The standard InChI is InChI=1S/C14H20N2O3S/c1-8(2)12-15-9(3)11(20-12)13(17)16-7-5-4-6-10(16)14(18)19/h8,10H,4-7H2,1-3H3,(H,18,19)/t10-/m0/s1. The molecule has 6 heteroatoms. The van der Waals surface area contributed by atoms with E-state index in [1.807, 2.05) is 20.8 Å². The molecule has 110 valence electrons. The van der Waals surface area contributed by atoms with Crippen molar-refractivity contribution in [3.63, 3.8) is 0 Å². The van der Waals surface area contributed by atoms with Gasteiger partial charge in [-0.25, -0.2) is 9.78 Å². The van der Waals surface area contributed by atoms with E-state index in [1.54, 1.807) is 0 Å². The average Bonchev–Trinajstić information content (AvgIpc) is 2.80. The predicted octanol–water partition coefficient (Wildman–Crippen LogP) is 2.65. The first-order valence-electron chi connectivity index (χ1n) is 6.93. The summed E-state index contributed by atoms with van der Waals surface area (Å²) in [5.41, 5.74) is 0.707. The molecule has 0 radical (unpaired) electrons. The lowest BCUT2D eigenvalue weighted by atomic mass is 10.0. The molecule has 1 fully saturated rings. The van der Waals surface area contributed by atoms with E-state index >= 15 is 0 Å². The molecule has 2 heterocycles. The number of carboxylic acid groups (broad SMARTS) is 1. The Labute approximate surface area is 122 Å². The Morgan fingerprint density at radius 2 is 2.10 bits per heavy atom. The maximum Gasteiger partial charge on any atom is 0.326 e. The Bertz CT molecular complexity index is 524. The molecule has 1 aliphatic rings. The zero-order valence-corrected chi connectivity index (χ0v) is 12.9. The fourth-order valence-electron chi connectivity index (χ4n) is 2.42. The molecule has 0 aromatic carbocycles. The maximum atomic E-state index is 12.6. The number of hydrogen-bond acceptors (Lipinski definition) is 4. The third-order valence-electron chi connectivity index (χ3n) is 3.55. The van der Waals surface area contributed by atoms with E-state index in [-0.39, 0.29) is 11.8 Å². The molecule has 1 aromatic rings. The number of aliphatic carboxylic acids is 1. The molecular weight excluding hydrogens is 276 g/mol. The molecule has 0 bridgehead atoms. The molecule has 1 saturated heterocycles. The molecule has 20 heavy (non-hydrogen) atoms. The molecule has 0 spiro atoms. The third-order valence-corrected chi connectivity index (χ3v) is 5.00. The minimum absolute atomic E-state index is 0.181. The van der Waals surface area contributed by atoms with Gasteiger partial charge in [0.15, 0.2) is 0 Å². The lowest BCUT2D eigenvalue weighted by Gasteiger charge is -2.32. The Morgan fingerprint density at radius 3 is 2.65 bits per heavy atom. The van der Waals surface area contributed by atoms with Crippen LogP contribution in [0.2, 0.25) is 0 Å². The Kier molecular flexibility index (Phi) is 4.42. The van der Waals surface area contributed by atoms with Crippen molar-refractivity contribution in [3.05, 3.63) is 15.6 Å². The van der Waals surface area contributed by atoms with Crippen LogP contribution < -0.4 is 0 Å². The number of amides is 1. The number of aryl methyl sites for hydroxylation is 1. The molecule has 1 amide bonds. The lowest BCUT2D eigenvalue weighted by molar-refractivity contribution is -0.143. The summed E-state index contributed by atoms with van der Waals surface area (Å²) in [7, 11) is 0. The molecule has 0 saturated carbocycles. The van der Waals surface area contributed by atoms with Crippen molar-refractivity contribution in [1.82, 2.24) is 9.88 Å². The van der Waals surface area contributed by atoms with Crippen molar-refractivity contribution in [2.45, 2.75) is 52.0 Å². The van der Waals surface area contributed by atoms with Crippen molar-refractivity contribution in [3.8, 4) is 0 Å². The highest BCUT2D eigenvalue weighted by Crippen LogP contribution is 2.28. The number of thiazole rings is 1. The molecular formula is C14H20N2O3S. The van der Waals surface area contributed by atoms with Gasteiger partial charge in [0.25, 0.3) is 5.91 Å². The van der Waals surface area contributed by atoms with Crippen LogP contribution in [0.5, 0.6) is 0 Å². The minimum Gasteiger partial charge on any atom is -0.480 e. The van der Waals surface area contributed by atoms with Gasteiger partial charge in [-0.2, -0.15) is 0 Å². The van der Waals surface area contributed by atoms with Gasteiger partial charge >= 0.3 is 5.97 Å². The summed E-state index contributed by atoms with van der Waals surface area (Å²) in [6, 6.07) is -0.694. The van der Waals surface area contributed by atoms with Gasteiger partial charge in [-0.1, -0.05) is 13.8 Å². The Hall–Kier alpha value is -1.43. The zero-order chi connectivity index (χ0) is 14.9. The van der Waals surface area contributed by atoms with Crippen LogP contribution in [0.15, 0.2) is 0 Å². The number of rotatable bonds is 3. The van der Waals surface area contributed by atoms with Crippen LogP contribution in [-0.2, 0) is 4.79 Å². The van der Waals surface area contributed by atoms with Crippen LogP contribution in [0.3, 0.4) is 0 Å². The summed E-state index contributed by atoms with van der Waals surface area (Å²) < 4.78 is 0. The van der Waals surface area contributed by atoms with Gasteiger partial charge < -0.3 is 10.0 Å². The largest absolute Gasteiger partial charge is 0.480 e. The van der Waals surface area contributed by atoms with E-state index in [4.69, 9.17) is 0 Å². The number of hydrogen-bond donors (Lipinski definition) is 1. The SMILES string of the molecule is Cc1nc(C(C)C)sc1C(=O)N1CCCC[C@H]1C(=O)O. The van der Waals surface area contributed by atoms with E-state index in [2.05, 4.69) is 4.98 Å². The highest BCUT2D eigenvalue weighted by Gasteiger charge is 2.34. The second-order valence-corrected chi connectivity index (χ2v) is 6.50. The first kappa shape index (κ1) is 15.0. The van der Waals surface area contributed by atoms with Crippen LogP contribution in [0.1, 0.15) is 59.4 Å². The van der Waals surface area contributed by atoms with Crippen molar-refractivity contribution < 1.29 is 14.7 Å². The van der Waals surface area contributed by atoms with E-state index in [0.717, 1.165) is 17.8 Å². The summed E-state index contributed by atoms with van der Waals surface area (Å²) in [4.78, 5) is 30.4. The number of likely N-dealkylation sites (tertiary alicyclic amines) is 1. The first-order valence-corrected chi connectivity index (χ1v) is 7.74. The topological polar surface area (TPSA) is 70.5 Å². The van der Waals surface area contributed by atoms with Crippen LogP contribution in [-0.4, -0.2) is 39.5 Å². The number of carbonyl (C=O) groups excluding carboxylic acids is 1. The third kappa shape index (κ3) is 2.85. The summed E-state index contributed by atoms with van der Waals surface area (Å²) >= 11 is 1.39. The number of aromatic nitrogens is 1. The maximum absolute atomic E-state index is 12.6. The number of carboxylic acids is 1. The van der Waals surface area contributed by atoms with Crippen molar-refractivity contribution >= 4 is 23.2 Å².